The smallest absolute Gasteiger partial charge is 0.323 e. The lowest BCUT2D eigenvalue weighted by Crippen LogP contribution is -3.16. The van der Waals surface area contributed by atoms with E-state index in [0.717, 1.165) is 23.3 Å². The van der Waals surface area contributed by atoms with Gasteiger partial charge in [0.15, 0.2) is 6.67 Å². The summed E-state index contributed by atoms with van der Waals surface area (Å²) in [5, 5.41) is 2.86. The number of nitrogens with zero attached hydrogens (tertiary/aromatic N) is 2. The van der Waals surface area contributed by atoms with Gasteiger partial charge in [-0.2, -0.15) is 4.31 Å². The molecule has 2 saturated heterocycles. The number of nitrogens with one attached hydrogen (secondary N) is 2. The molecule has 3 fully saturated rings. The summed E-state index contributed by atoms with van der Waals surface area (Å²) in [5.41, 5.74) is 0.243. The summed E-state index contributed by atoms with van der Waals surface area (Å²) in [6.07, 6.45) is 1.94. The number of carbonyl (C=O) groups is 2. The number of piperazine rings is 1. The Balaban J connectivity index is 1.37. The number of hydrogen-bond acceptors (Lipinski definition) is 4. The van der Waals surface area contributed by atoms with Gasteiger partial charge in [-0.25, -0.2) is 18.1 Å². The molecule has 2 aliphatic heterocycles. The summed E-state index contributed by atoms with van der Waals surface area (Å²) in [4.78, 5) is 27.7. The van der Waals surface area contributed by atoms with Crippen molar-refractivity contribution < 1.29 is 22.9 Å². The molecule has 1 atom stereocenters. The molecule has 2 heterocycles. The molecule has 0 aromatic heterocycles. The molecule has 9 heteroatoms. The van der Waals surface area contributed by atoms with Gasteiger partial charge in [0.05, 0.1) is 31.1 Å². The molecule has 4 rings (SSSR count). The van der Waals surface area contributed by atoms with Gasteiger partial charge in [0.2, 0.25) is 10.0 Å². The number of aryl methyl sites for hydroxylation is 1. The average molecular weight is 408 g/mol. The molecular weight excluding hydrogens is 380 g/mol. The lowest BCUT2D eigenvalue weighted by atomic mass is 9.96. The minimum atomic E-state index is -3.51. The fourth-order valence-corrected chi connectivity index (χ4v) is 5.52. The number of carbonyl (C=O) groups excluding carboxylic acids is 2. The van der Waals surface area contributed by atoms with Crippen LogP contribution in [0.2, 0.25) is 0 Å². The summed E-state index contributed by atoms with van der Waals surface area (Å²) in [7, 11) is -3.51. The highest BCUT2D eigenvalue weighted by atomic mass is 32.2. The standard InChI is InChI=1S/C19H26N4O4S/c1-14-3-7-16(8-4-14)28(26,27)22-11-9-21(10-12-22)13-23-17(24)19(2,15-5-6-15)20-18(23)25/h3-4,7-8,15H,5-6,9-13H2,1-2H3,(H,20,25)/p+1/t19-/m0/s1. The molecule has 3 amide bonds. The van der Waals surface area contributed by atoms with Crippen molar-refractivity contribution in [1.29, 1.82) is 0 Å². The molecule has 8 nitrogen and oxygen atoms in total. The summed E-state index contributed by atoms with van der Waals surface area (Å²) >= 11 is 0. The van der Waals surface area contributed by atoms with Crippen molar-refractivity contribution in [3.05, 3.63) is 29.8 Å². The number of imide groups is 1. The Morgan fingerprint density at radius 1 is 1.14 bits per heavy atom. The third kappa shape index (κ3) is 3.31. The Hall–Kier alpha value is -1.97. The van der Waals surface area contributed by atoms with Gasteiger partial charge in [-0.1, -0.05) is 17.7 Å². The summed E-state index contributed by atoms with van der Waals surface area (Å²) < 4.78 is 27.1. The molecule has 28 heavy (non-hydrogen) atoms. The number of urea groups is 1. The van der Waals surface area contributed by atoms with Crippen molar-refractivity contribution in [3.8, 4) is 0 Å². The highest BCUT2D eigenvalue weighted by molar-refractivity contribution is 7.89. The molecule has 3 aliphatic rings. The van der Waals surface area contributed by atoms with E-state index in [-0.39, 0.29) is 24.5 Å². The third-order valence-electron chi connectivity index (χ3n) is 6.17. The number of amides is 3. The second-order valence-electron chi connectivity index (χ2n) is 8.27. The third-order valence-corrected chi connectivity index (χ3v) is 8.08. The zero-order valence-electron chi connectivity index (χ0n) is 16.3. The first-order valence-corrected chi connectivity index (χ1v) is 11.2. The Morgan fingerprint density at radius 3 is 2.32 bits per heavy atom. The first-order valence-electron chi connectivity index (χ1n) is 9.76. The lowest BCUT2D eigenvalue weighted by molar-refractivity contribution is -0.910. The van der Waals surface area contributed by atoms with Gasteiger partial charge < -0.3 is 10.2 Å². The van der Waals surface area contributed by atoms with Crippen molar-refractivity contribution >= 4 is 22.0 Å². The predicted octanol–water partition coefficient (Wildman–Crippen LogP) is -0.438. The van der Waals surface area contributed by atoms with Gasteiger partial charge in [-0.3, -0.25) is 4.79 Å². The van der Waals surface area contributed by atoms with Crippen LogP contribution in [0, 0.1) is 12.8 Å². The van der Waals surface area contributed by atoms with Gasteiger partial charge in [-0.05, 0) is 44.7 Å². The van der Waals surface area contributed by atoms with Crippen molar-refractivity contribution in [2.24, 2.45) is 5.92 Å². The van der Waals surface area contributed by atoms with Gasteiger partial charge in [0, 0.05) is 0 Å². The average Bonchev–Trinajstić information content (AvgIpc) is 3.49. The van der Waals surface area contributed by atoms with Crippen LogP contribution in [0.4, 0.5) is 4.79 Å². The maximum atomic E-state index is 12.8. The second-order valence-corrected chi connectivity index (χ2v) is 10.2. The van der Waals surface area contributed by atoms with Crippen LogP contribution in [0.3, 0.4) is 0 Å². The largest absolute Gasteiger partial charge is 0.329 e. The van der Waals surface area contributed by atoms with E-state index in [1.807, 2.05) is 13.8 Å². The van der Waals surface area contributed by atoms with E-state index in [1.54, 1.807) is 24.3 Å². The molecule has 0 radical (unpaired) electrons. The fourth-order valence-electron chi connectivity index (χ4n) is 4.08. The Morgan fingerprint density at radius 2 is 1.75 bits per heavy atom. The highest BCUT2D eigenvalue weighted by Crippen LogP contribution is 2.42. The summed E-state index contributed by atoms with van der Waals surface area (Å²) in [6, 6.07) is 6.53. The van der Waals surface area contributed by atoms with Crippen LogP contribution in [0.1, 0.15) is 25.3 Å². The van der Waals surface area contributed by atoms with E-state index in [2.05, 4.69) is 5.32 Å². The molecule has 0 unspecified atom stereocenters. The lowest BCUT2D eigenvalue weighted by Gasteiger charge is -2.33. The molecular formula is C19H27N4O4S+. The minimum Gasteiger partial charge on any atom is -0.323 e. The van der Waals surface area contributed by atoms with Gasteiger partial charge in [0.1, 0.15) is 5.54 Å². The molecule has 2 N–H and O–H groups in total. The Labute approximate surface area is 165 Å². The van der Waals surface area contributed by atoms with Gasteiger partial charge >= 0.3 is 6.03 Å². The zero-order valence-corrected chi connectivity index (χ0v) is 17.1. The number of quaternary nitrogens is 1. The number of hydrogen-bond donors (Lipinski definition) is 2. The molecule has 1 aromatic carbocycles. The summed E-state index contributed by atoms with van der Waals surface area (Å²) in [6.45, 7) is 5.87. The normalized spacial score (nSPS) is 27.3. The quantitative estimate of drug-likeness (QED) is 0.648. The highest BCUT2D eigenvalue weighted by Gasteiger charge is 2.56. The zero-order chi connectivity index (χ0) is 20.1. The SMILES string of the molecule is Cc1ccc(S(=O)(=O)N2CC[NH+](CN3C(=O)N[C@@](C)(C4CC4)C3=O)CC2)cc1. The maximum absolute atomic E-state index is 12.8. The van der Waals surface area contributed by atoms with Crippen molar-refractivity contribution in [1.82, 2.24) is 14.5 Å². The van der Waals surface area contributed by atoms with Gasteiger partial charge in [-0.15, -0.1) is 0 Å². The molecule has 1 aliphatic carbocycles. The van der Waals surface area contributed by atoms with E-state index in [9.17, 15) is 18.0 Å². The van der Waals surface area contributed by atoms with E-state index in [4.69, 9.17) is 0 Å². The molecule has 0 bridgehead atoms. The van der Waals surface area contributed by atoms with Crippen LogP contribution >= 0.6 is 0 Å². The van der Waals surface area contributed by atoms with E-state index < -0.39 is 15.6 Å². The second kappa shape index (κ2) is 6.82. The van der Waals surface area contributed by atoms with E-state index in [1.165, 1.54) is 9.21 Å². The van der Waals surface area contributed by atoms with Crippen LogP contribution in [-0.4, -0.2) is 67.9 Å². The number of rotatable bonds is 5. The molecule has 152 valence electrons. The molecule has 1 aromatic rings. The van der Waals surface area contributed by atoms with Crippen LogP contribution < -0.4 is 10.2 Å². The maximum Gasteiger partial charge on any atom is 0.329 e. The van der Waals surface area contributed by atoms with Crippen LogP contribution in [0.5, 0.6) is 0 Å². The topological polar surface area (TPSA) is 91.2 Å². The Kier molecular flexibility index (Phi) is 4.71. The number of sulfonamides is 1. The van der Waals surface area contributed by atoms with Crippen molar-refractivity contribution in [2.75, 3.05) is 32.8 Å². The van der Waals surface area contributed by atoms with E-state index >= 15 is 0 Å². The predicted molar refractivity (Wildman–Crippen MR) is 102 cm³/mol. The van der Waals surface area contributed by atoms with Crippen molar-refractivity contribution in [2.45, 2.75) is 37.1 Å². The molecule has 0 spiro atoms. The fraction of sp³-hybridized carbons (Fsp3) is 0.579. The van der Waals surface area contributed by atoms with Crippen LogP contribution in [0.25, 0.3) is 0 Å². The molecule has 1 saturated carbocycles. The monoisotopic (exact) mass is 407 g/mol. The summed E-state index contributed by atoms with van der Waals surface area (Å²) in [5.74, 6) is 0.0858. The van der Waals surface area contributed by atoms with Crippen molar-refractivity contribution in [3.63, 3.8) is 0 Å². The van der Waals surface area contributed by atoms with E-state index in [0.29, 0.717) is 31.1 Å². The minimum absolute atomic E-state index is 0.151. The first-order chi connectivity index (χ1) is 13.2. The van der Waals surface area contributed by atoms with Gasteiger partial charge in [0.25, 0.3) is 5.91 Å². The van der Waals surface area contributed by atoms with Crippen LogP contribution in [-0.2, 0) is 14.8 Å². The van der Waals surface area contributed by atoms with Crippen LogP contribution in [0.15, 0.2) is 29.2 Å². The number of benzene rings is 1. The first kappa shape index (κ1) is 19.4. The Bertz CT molecular complexity index is 889.